The third kappa shape index (κ3) is 4.68. The molecule has 0 atom stereocenters. The van der Waals surface area contributed by atoms with E-state index in [4.69, 9.17) is 4.74 Å². The quantitative estimate of drug-likeness (QED) is 0.602. The summed E-state index contributed by atoms with van der Waals surface area (Å²) in [5.41, 5.74) is 0.461. The number of carbonyl (C=O) groups is 3. The van der Waals surface area contributed by atoms with Gasteiger partial charge in [-0.2, -0.15) is 0 Å². The summed E-state index contributed by atoms with van der Waals surface area (Å²) in [6, 6.07) is 13.1. The molecule has 7 heteroatoms. The number of aryl methyl sites for hydroxylation is 2. The molecule has 0 aliphatic heterocycles. The molecule has 0 aliphatic rings. The zero-order chi connectivity index (χ0) is 20.9. The lowest BCUT2D eigenvalue weighted by molar-refractivity contribution is -0.161. The van der Waals surface area contributed by atoms with Crippen LogP contribution >= 0.6 is 0 Å². The highest BCUT2D eigenvalue weighted by Crippen LogP contribution is 2.27. The van der Waals surface area contributed by atoms with Crippen molar-refractivity contribution in [2.24, 2.45) is 0 Å². The van der Waals surface area contributed by atoms with Gasteiger partial charge in [-0.1, -0.05) is 30.3 Å². The Bertz CT molecular complexity index is 854. The molecular weight excluding hydrogens is 362 g/mol. The Morgan fingerprint density at radius 2 is 1.54 bits per heavy atom. The molecule has 0 fully saturated rings. The van der Waals surface area contributed by atoms with E-state index in [1.165, 1.54) is 0 Å². The smallest absolute Gasteiger partial charge is 0.341 e. The van der Waals surface area contributed by atoms with E-state index < -0.39 is 23.4 Å². The molecule has 0 bridgehead atoms. The van der Waals surface area contributed by atoms with Gasteiger partial charge in [-0.15, -0.1) is 0 Å². The molecule has 7 nitrogen and oxygen atoms in total. The third-order valence-electron chi connectivity index (χ3n) is 4.48. The molecule has 2 aromatic carbocycles. The number of amides is 1. The summed E-state index contributed by atoms with van der Waals surface area (Å²) >= 11 is 0. The Balaban J connectivity index is 2.31. The fourth-order valence-corrected chi connectivity index (χ4v) is 3.02. The summed E-state index contributed by atoms with van der Waals surface area (Å²) in [4.78, 5) is 34.9. The van der Waals surface area contributed by atoms with Gasteiger partial charge in [0.05, 0.1) is 0 Å². The first kappa shape index (κ1) is 21.0. The van der Waals surface area contributed by atoms with Crippen LogP contribution in [0, 0.1) is 13.8 Å². The number of hydrogen-bond acceptors (Lipinski definition) is 4. The van der Waals surface area contributed by atoms with E-state index in [-0.39, 0.29) is 6.42 Å². The number of hydrogen-bond donors (Lipinski definition) is 3. The second kappa shape index (κ2) is 8.56. The molecular formula is C21H23NO6. The first-order chi connectivity index (χ1) is 13.2. The van der Waals surface area contributed by atoms with Crippen molar-refractivity contribution in [3.05, 3.63) is 64.7 Å². The zero-order valence-electron chi connectivity index (χ0n) is 16.0. The van der Waals surface area contributed by atoms with Crippen LogP contribution in [0.2, 0.25) is 0 Å². The Morgan fingerprint density at radius 3 is 2.00 bits per heavy atom. The van der Waals surface area contributed by atoms with Crippen LogP contribution in [0.15, 0.2) is 42.5 Å². The summed E-state index contributed by atoms with van der Waals surface area (Å²) in [5, 5.41) is 21.1. The van der Waals surface area contributed by atoms with E-state index in [0.29, 0.717) is 29.0 Å². The zero-order valence-corrected chi connectivity index (χ0v) is 16.0. The van der Waals surface area contributed by atoms with Gasteiger partial charge in [0, 0.05) is 13.3 Å². The fourth-order valence-electron chi connectivity index (χ4n) is 3.02. The van der Waals surface area contributed by atoms with Gasteiger partial charge < -0.3 is 20.3 Å². The van der Waals surface area contributed by atoms with Gasteiger partial charge >= 0.3 is 11.9 Å². The summed E-state index contributed by atoms with van der Waals surface area (Å²) < 4.78 is 5.80. The van der Waals surface area contributed by atoms with Gasteiger partial charge in [0.25, 0.3) is 0 Å². The highest BCUT2D eigenvalue weighted by Gasteiger charge is 2.48. The highest BCUT2D eigenvalue weighted by atomic mass is 16.5. The van der Waals surface area contributed by atoms with Crippen molar-refractivity contribution in [1.29, 1.82) is 0 Å². The summed E-state index contributed by atoms with van der Waals surface area (Å²) in [6.07, 6.45) is -0.381. The number of carbonyl (C=O) groups excluding carboxylic acids is 1. The molecule has 0 spiro atoms. The molecule has 148 valence electrons. The third-order valence-corrected chi connectivity index (χ3v) is 4.48. The summed E-state index contributed by atoms with van der Waals surface area (Å²) in [7, 11) is 0. The standard InChI is InChI=1S/C21H23NO6/c1-13-9-17(28-12-16-7-5-4-6-8-16)10-14(2)18(13)11-21(19(24)25,20(26)27)22-15(3)23/h4-10H,11-12H2,1-3H3,(H,22,23)(H,24,25)(H,26,27). The van der Waals surface area contributed by atoms with E-state index in [0.717, 1.165) is 12.5 Å². The van der Waals surface area contributed by atoms with E-state index in [1.54, 1.807) is 26.0 Å². The molecule has 0 aliphatic carbocycles. The average Bonchev–Trinajstić information content (AvgIpc) is 2.62. The first-order valence-corrected chi connectivity index (χ1v) is 8.68. The lowest BCUT2D eigenvalue weighted by Gasteiger charge is -2.27. The maximum atomic E-state index is 11.7. The molecule has 28 heavy (non-hydrogen) atoms. The number of ether oxygens (including phenoxy) is 1. The van der Waals surface area contributed by atoms with E-state index in [2.05, 4.69) is 5.32 Å². The van der Waals surface area contributed by atoms with Crippen LogP contribution in [-0.4, -0.2) is 33.6 Å². The molecule has 0 saturated heterocycles. The second-order valence-electron chi connectivity index (χ2n) is 6.68. The van der Waals surface area contributed by atoms with E-state index in [9.17, 15) is 24.6 Å². The number of carboxylic acids is 2. The van der Waals surface area contributed by atoms with Crippen molar-refractivity contribution >= 4 is 17.8 Å². The Kier molecular flexibility index (Phi) is 6.41. The van der Waals surface area contributed by atoms with Crippen LogP contribution in [0.3, 0.4) is 0 Å². The van der Waals surface area contributed by atoms with Crippen molar-refractivity contribution in [2.75, 3.05) is 0 Å². The van der Waals surface area contributed by atoms with E-state index in [1.807, 2.05) is 30.3 Å². The highest BCUT2D eigenvalue weighted by molar-refractivity contribution is 6.06. The molecule has 0 heterocycles. The average molecular weight is 385 g/mol. The minimum absolute atomic E-state index is 0.374. The van der Waals surface area contributed by atoms with Crippen molar-refractivity contribution in [3.63, 3.8) is 0 Å². The molecule has 0 saturated carbocycles. The molecule has 0 unspecified atom stereocenters. The van der Waals surface area contributed by atoms with Gasteiger partial charge in [0.15, 0.2) is 0 Å². The minimum Gasteiger partial charge on any atom is -0.489 e. The fraction of sp³-hybridized carbons (Fsp3) is 0.286. The van der Waals surface area contributed by atoms with Crippen molar-refractivity contribution in [1.82, 2.24) is 5.32 Å². The largest absolute Gasteiger partial charge is 0.489 e. The van der Waals surface area contributed by atoms with E-state index >= 15 is 0 Å². The molecule has 0 radical (unpaired) electrons. The predicted molar refractivity (Wildman–Crippen MR) is 102 cm³/mol. The van der Waals surface area contributed by atoms with Crippen LogP contribution in [0.5, 0.6) is 5.75 Å². The SMILES string of the molecule is CC(=O)NC(Cc1c(C)cc(OCc2ccccc2)cc1C)(C(=O)O)C(=O)O. The lowest BCUT2D eigenvalue weighted by atomic mass is 9.86. The topological polar surface area (TPSA) is 113 Å². The second-order valence-corrected chi connectivity index (χ2v) is 6.68. The van der Waals surface area contributed by atoms with Crippen LogP contribution in [0.25, 0.3) is 0 Å². The van der Waals surface area contributed by atoms with Gasteiger partial charge in [0.1, 0.15) is 12.4 Å². The van der Waals surface area contributed by atoms with Crippen molar-refractivity contribution < 1.29 is 29.3 Å². The monoisotopic (exact) mass is 385 g/mol. The maximum Gasteiger partial charge on any atom is 0.341 e. The Labute approximate surface area is 163 Å². The van der Waals surface area contributed by atoms with Crippen LogP contribution in [0.1, 0.15) is 29.2 Å². The predicted octanol–water partition coefficient (Wildman–Crippen LogP) is 2.47. The van der Waals surface area contributed by atoms with Gasteiger partial charge in [-0.3, -0.25) is 4.79 Å². The summed E-state index contributed by atoms with van der Waals surface area (Å²) in [5.74, 6) is -3.39. The molecule has 2 aromatic rings. The first-order valence-electron chi connectivity index (χ1n) is 8.68. The number of aliphatic carboxylic acids is 2. The molecule has 0 aromatic heterocycles. The van der Waals surface area contributed by atoms with Gasteiger partial charge in [0.2, 0.25) is 11.4 Å². The Morgan fingerprint density at radius 1 is 1.00 bits per heavy atom. The minimum atomic E-state index is -2.44. The van der Waals surface area contributed by atoms with Gasteiger partial charge in [-0.05, 0) is 48.2 Å². The Hall–Kier alpha value is -3.35. The number of benzene rings is 2. The summed E-state index contributed by atoms with van der Waals surface area (Å²) in [6.45, 7) is 4.96. The van der Waals surface area contributed by atoms with Gasteiger partial charge in [-0.25, -0.2) is 9.59 Å². The number of nitrogens with one attached hydrogen (secondary N) is 1. The molecule has 2 rings (SSSR count). The number of rotatable bonds is 8. The number of carboxylic acid groups (broad SMARTS) is 2. The van der Waals surface area contributed by atoms with Crippen LogP contribution < -0.4 is 10.1 Å². The van der Waals surface area contributed by atoms with Crippen LogP contribution in [-0.2, 0) is 27.4 Å². The normalized spacial score (nSPS) is 11.0. The van der Waals surface area contributed by atoms with Crippen LogP contribution in [0.4, 0.5) is 0 Å². The molecule has 1 amide bonds. The lowest BCUT2D eigenvalue weighted by Crippen LogP contribution is -2.61. The molecule has 3 N–H and O–H groups in total. The van der Waals surface area contributed by atoms with Crippen molar-refractivity contribution in [2.45, 2.75) is 39.3 Å². The van der Waals surface area contributed by atoms with Crippen molar-refractivity contribution in [3.8, 4) is 5.75 Å². The maximum absolute atomic E-state index is 11.7.